The molecule has 2 aromatic carbocycles. The Hall–Kier alpha value is -4.54. The number of fused-ring (bicyclic) bond motifs is 1. The van der Waals surface area contributed by atoms with Gasteiger partial charge in [-0.25, -0.2) is 9.36 Å². The molecule has 0 unspecified atom stereocenters. The number of azo groups is 1. The highest BCUT2D eigenvalue weighted by atomic mass is 16.3. The Balaban J connectivity index is 1.83. The van der Waals surface area contributed by atoms with Crippen LogP contribution in [0.25, 0.3) is 5.69 Å². The molecule has 0 saturated heterocycles. The molecule has 2 amide bonds. The molecular formula is C23H20N6O5. The normalized spacial score (nSPS) is 13.2. The van der Waals surface area contributed by atoms with Crippen LogP contribution in [0, 0.1) is 4.91 Å². The van der Waals surface area contributed by atoms with Gasteiger partial charge in [0, 0.05) is 6.04 Å². The van der Waals surface area contributed by atoms with Crippen LogP contribution in [0.1, 0.15) is 47.4 Å². The van der Waals surface area contributed by atoms with Gasteiger partial charge >= 0.3 is 5.69 Å². The lowest BCUT2D eigenvalue weighted by atomic mass is 10.1. The maximum atomic E-state index is 13.1. The van der Waals surface area contributed by atoms with E-state index in [2.05, 4.69) is 20.4 Å². The second-order valence-electron chi connectivity index (χ2n) is 7.55. The van der Waals surface area contributed by atoms with Crippen LogP contribution in [-0.4, -0.2) is 32.3 Å². The summed E-state index contributed by atoms with van der Waals surface area (Å²) >= 11 is 0. The number of aromatic nitrogens is 2. The number of nitroso groups, excluding NO2 is 1. The second kappa shape index (κ2) is 9.14. The molecule has 0 spiro atoms. The number of para-hydroxylation sites is 1. The van der Waals surface area contributed by atoms with Crippen molar-refractivity contribution in [2.24, 2.45) is 15.4 Å². The molecule has 0 fully saturated rings. The van der Waals surface area contributed by atoms with E-state index in [0.29, 0.717) is 12.8 Å². The van der Waals surface area contributed by atoms with E-state index in [1.807, 2.05) is 13.8 Å². The van der Waals surface area contributed by atoms with Gasteiger partial charge in [-0.3, -0.25) is 24.3 Å². The van der Waals surface area contributed by atoms with Gasteiger partial charge in [0.1, 0.15) is 0 Å². The number of carbonyl (C=O) groups is 2. The molecule has 0 radical (unpaired) electrons. The van der Waals surface area contributed by atoms with Crippen LogP contribution >= 0.6 is 0 Å². The molecule has 11 heteroatoms. The number of nitrogens with zero attached hydrogens (tertiary/aromatic N) is 5. The van der Waals surface area contributed by atoms with Crippen LogP contribution in [0.2, 0.25) is 0 Å². The monoisotopic (exact) mass is 460 g/mol. The molecule has 0 saturated carbocycles. The first-order chi connectivity index (χ1) is 16.4. The zero-order valence-electron chi connectivity index (χ0n) is 18.4. The number of H-pyrrole nitrogens is 1. The number of carbonyl (C=O) groups excluding carboxylic acids is 2. The number of amides is 2. The minimum absolute atomic E-state index is 0.0537. The molecule has 0 atom stereocenters. The quantitative estimate of drug-likeness (QED) is 0.320. The summed E-state index contributed by atoms with van der Waals surface area (Å²) in [6.07, 6.45) is 1.20. The lowest BCUT2D eigenvalue weighted by molar-refractivity contribution is 0.0576. The first-order valence-electron chi connectivity index (χ1n) is 10.6. The predicted octanol–water partition coefficient (Wildman–Crippen LogP) is 4.12. The van der Waals surface area contributed by atoms with Crippen molar-refractivity contribution < 1.29 is 9.59 Å². The topological polar surface area (TPSA) is 146 Å². The van der Waals surface area contributed by atoms with Crippen molar-refractivity contribution in [3.05, 3.63) is 85.4 Å². The van der Waals surface area contributed by atoms with Crippen LogP contribution < -0.4 is 11.2 Å². The summed E-state index contributed by atoms with van der Waals surface area (Å²) in [5.41, 5.74) is -1.73. The van der Waals surface area contributed by atoms with Crippen LogP contribution in [0.4, 0.5) is 17.2 Å². The van der Waals surface area contributed by atoms with Crippen molar-refractivity contribution in [1.29, 1.82) is 0 Å². The third-order valence-electron chi connectivity index (χ3n) is 5.65. The third-order valence-corrected chi connectivity index (χ3v) is 5.65. The summed E-state index contributed by atoms with van der Waals surface area (Å²) in [6, 6.07) is 12.3. The van der Waals surface area contributed by atoms with E-state index in [4.69, 9.17) is 0 Å². The molecule has 4 rings (SSSR count). The highest BCUT2D eigenvalue weighted by Gasteiger charge is 2.40. The largest absolute Gasteiger partial charge is 0.334 e. The summed E-state index contributed by atoms with van der Waals surface area (Å²) in [4.78, 5) is 66.1. The number of benzene rings is 2. The fourth-order valence-corrected chi connectivity index (χ4v) is 3.94. The molecule has 1 N–H and O–H groups in total. The fourth-order valence-electron chi connectivity index (χ4n) is 3.94. The van der Waals surface area contributed by atoms with Gasteiger partial charge in [0.15, 0.2) is 5.69 Å². The van der Waals surface area contributed by atoms with Crippen LogP contribution in [0.3, 0.4) is 0 Å². The highest BCUT2D eigenvalue weighted by Crippen LogP contribution is 2.34. The second-order valence-corrected chi connectivity index (χ2v) is 7.55. The van der Waals surface area contributed by atoms with Gasteiger partial charge in [-0.15, -0.1) is 15.1 Å². The van der Waals surface area contributed by atoms with E-state index < -0.39 is 34.6 Å². The van der Waals surface area contributed by atoms with Gasteiger partial charge in [0.2, 0.25) is 5.82 Å². The van der Waals surface area contributed by atoms with Crippen LogP contribution in [-0.2, 0) is 0 Å². The van der Waals surface area contributed by atoms with Crippen molar-refractivity contribution >= 4 is 29.0 Å². The van der Waals surface area contributed by atoms with Crippen molar-refractivity contribution in [2.45, 2.75) is 32.7 Å². The fraction of sp³-hybridized carbons (Fsp3) is 0.217. The SMILES string of the molecule is CCC(CC)N1C(=O)c2cccc(N=Nc3c(N=O)[nH]c(=O)n(-c4ccccc4)c3=O)c2C1=O. The molecule has 11 nitrogen and oxygen atoms in total. The van der Waals surface area contributed by atoms with E-state index in [9.17, 15) is 24.1 Å². The molecular weight excluding hydrogens is 440 g/mol. The molecule has 34 heavy (non-hydrogen) atoms. The number of rotatable bonds is 7. The standard InChI is InChI=1S/C23H20N6O5/c1-3-13(4-2)28-20(30)15-11-8-12-16(17(15)21(28)31)25-26-18-19(27-34)24-23(33)29(22(18)32)14-9-6-5-7-10-14/h5-13H,3-4H2,1-2H3,(H,24,33). The Morgan fingerprint density at radius 3 is 2.24 bits per heavy atom. The van der Waals surface area contributed by atoms with Gasteiger partial charge < -0.3 is 0 Å². The summed E-state index contributed by atoms with van der Waals surface area (Å²) in [5, 5.41) is 10.6. The Labute approximate surface area is 192 Å². The average Bonchev–Trinajstić information content (AvgIpc) is 3.10. The molecule has 3 aromatic rings. The summed E-state index contributed by atoms with van der Waals surface area (Å²) in [5.74, 6) is -1.52. The van der Waals surface area contributed by atoms with Crippen LogP contribution in [0.15, 0.2) is 73.5 Å². The number of imide groups is 1. The van der Waals surface area contributed by atoms with E-state index in [0.717, 1.165) is 4.57 Å². The zero-order chi connectivity index (χ0) is 24.4. The smallest absolute Gasteiger partial charge is 0.287 e. The highest BCUT2D eigenvalue weighted by molar-refractivity contribution is 6.23. The van der Waals surface area contributed by atoms with Gasteiger partial charge in [0.05, 0.1) is 22.5 Å². The number of aromatic amines is 1. The summed E-state index contributed by atoms with van der Waals surface area (Å²) in [7, 11) is 0. The molecule has 172 valence electrons. The van der Waals surface area contributed by atoms with Crippen molar-refractivity contribution in [3.63, 3.8) is 0 Å². The molecule has 1 aromatic heterocycles. The van der Waals surface area contributed by atoms with Crippen molar-refractivity contribution in [3.8, 4) is 5.69 Å². The first kappa shape index (κ1) is 22.6. The Kier molecular flexibility index (Phi) is 6.09. The lowest BCUT2D eigenvalue weighted by Gasteiger charge is -2.23. The van der Waals surface area contributed by atoms with E-state index in [1.54, 1.807) is 24.3 Å². The summed E-state index contributed by atoms with van der Waals surface area (Å²) in [6.45, 7) is 3.78. The number of hydrogen-bond donors (Lipinski definition) is 1. The number of hydrogen-bond acceptors (Lipinski definition) is 8. The predicted molar refractivity (Wildman–Crippen MR) is 124 cm³/mol. The zero-order valence-corrected chi connectivity index (χ0v) is 18.4. The van der Waals surface area contributed by atoms with Gasteiger partial charge in [-0.2, -0.15) is 0 Å². The molecule has 0 aliphatic carbocycles. The van der Waals surface area contributed by atoms with Crippen LogP contribution in [0.5, 0.6) is 0 Å². The third kappa shape index (κ3) is 3.66. The maximum Gasteiger partial charge on any atom is 0.334 e. The lowest BCUT2D eigenvalue weighted by Crippen LogP contribution is -2.39. The Morgan fingerprint density at radius 1 is 0.882 bits per heavy atom. The van der Waals surface area contributed by atoms with E-state index in [1.165, 1.54) is 29.2 Å². The van der Waals surface area contributed by atoms with Gasteiger partial charge in [-0.05, 0) is 42.3 Å². The molecule has 1 aliphatic heterocycles. The first-order valence-corrected chi connectivity index (χ1v) is 10.6. The summed E-state index contributed by atoms with van der Waals surface area (Å²) < 4.78 is 0.794. The average molecular weight is 460 g/mol. The Bertz CT molecular complexity index is 1440. The van der Waals surface area contributed by atoms with Crippen molar-refractivity contribution in [1.82, 2.24) is 14.5 Å². The van der Waals surface area contributed by atoms with Gasteiger partial charge in [-0.1, -0.05) is 38.1 Å². The minimum atomic E-state index is -0.915. The minimum Gasteiger partial charge on any atom is -0.287 e. The molecule has 2 heterocycles. The maximum absolute atomic E-state index is 13.1. The number of nitrogens with one attached hydrogen (secondary N) is 1. The Morgan fingerprint density at radius 2 is 1.59 bits per heavy atom. The van der Waals surface area contributed by atoms with E-state index >= 15 is 0 Å². The van der Waals surface area contributed by atoms with Crippen molar-refractivity contribution in [2.75, 3.05) is 0 Å². The molecule has 0 bridgehead atoms. The van der Waals surface area contributed by atoms with E-state index in [-0.39, 0.29) is 28.5 Å². The van der Waals surface area contributed by atoms with Gasteiger partial charge in [0.25, 0.3) is 17.4 Å². The molecule has 1 aliphatic rings.